The van der Waals surface area contributed by atoms with Gasteiger partial charge in [0, 0.05) is 22.2 Å². The Bertz CT molecular complexity index is 1100. The molecule has 2 aliphatic heterocycles. The van der Waals surface area contributed by atoms with Crippen LogP contribution in [0.15, 0.2) is 47.4 Å². The van der Waals surface area contributed by atoms with Crippen molar-refractivity contribution in [3.8, 4) is 5.75 Å². The van der Waals surface area contributed by atoms with E-state index in [4.69, 9.17) is 4.74 Å². The second-order valence-electron chi connectivity index (χ2n) is 7.79. The van der Waals surface area contributed by atoms with Gasteiger partial charge in [0.2, 0.25) is 5.91 Å². The van der Waals surface area contributed by atoms with Crippen LogP contribution in [0.1, 0.15) is 30.4 Å². The van der Waals surface area contributed by atoms with E-state index < -0.39 is 11.1 Å². The summed E-state index contributed by atoms with van der Waals surface area (Å²) in [7, 11) is 0. The molecule has 2 heterocycles. The molecule has 2 aromatic carbocycles. The summed E-state index contributed by atoms with van der Waals surface area (Å²) in [5.41, 5.74) is 1.77. The number of nitrogens with zero attached hydrogens (tertiary/aromatic N) is 2. The Morgan fingerprint density at radius 2 is 1.79 bits per heavy atom. The summed E-state index contributed by atoms with van der Waals surface area (Å²) in [6.45, 7) is 1.56. The third-order valence-corrected chi connectivity index (χ3v) is 7.76. The van der Waals surface area contributed by atoms with Crippen molar-refractivity contribution in [3.05, 3.63) is 65.6 Å². The van der Waals surface area contributed by atoms with E-state index in [2.05, 4.69) is 45.2 Å². The Labute approximate surface area is 224 Å². The van der Waals surface area contributed by atoms with E-state index in [1.54, 1.807) is 11.0 Å². The molecule has 2 fully saturated rings. The van der Waals surface area contributed by atoms with E-state index in [9.17, 15) is 14.4 Å². The maximum Gasteiger partial charge on any atom is 0.294 e. The number of carbonyl (C=O) groups excluding carboxylic acids is 3. The molecule has 0 aromatic heterocycles. The smallest absolute Gasteiger partial charge is 0.294 e. The van der Waals surface area contributed by atoms with E-state index in [1.807, 2.05) is 42.5 Å². The Morgan fingerprint density at radius 1 is 1.06 bits per heavy atom. The number of rotatable bonds is 6. The number of piperidine rings is 1. The SMILES string of the molecule is O=C(CN1C(=O)S/C(=C\c2cc(I)cc(I)c2OCc2ccccc2)C1=O)N1CCCCC1. The number of thioether (sulfide) groups is 1. The lowest BCUT2D eigenvalue weighted by Gasteiger charge is -2.27. The molecule has 33 heavy (non-hydrogen) atoms. The Hall–Kier alpha value is -1.60. The number of amides is 3. The number of imide groups is 1. The molecule has 4 rings (SSSR count). The van der Waals surface area contributed by atoms with Gasteiger partial charge in [0.05, 0.1) is 8.48 Å². The van der Waals surface area contributed by atoms with Gasteiger partial charge >= 0.3 is 0 Å². The number of likely N-dealkylation sites (tertiary alicyclic amines) is 1. The molecule has 9 heteroatoms. The van der Waals surface area contributed by atoms with Crippen molar-refractivity contribution in [1.29, 1.82) is 0 Å². The maximum absolute atomic E-state index is 13.0. The van der Waals surface area contributed by atoms with Crippen molar-refractivity contribution in [2.75, 3.05) is 19.6 Å². The fourth-order valence-electron chi connectivity index (χ4n) is 3.73. The topological polar surface area (TPSA) is 66.9 Å². The van der Waals surface area contributed by atoms with E-state index in [-0.39, 0.29) is 12.5 Å². The normalized spacial score (nSPS) is 17.7. The summed E-state index contributed by atoms with van der Waals surface area (Å²) < 4.78 is 8.03. The fourth-order valence-corrected chi connectivity index (χ4v) is 6.60. The predicted molar refractivity (Wildman–Crippen MR) is 146 cm³/mol. The molecular formula is C24H22I2N2O4S. The number of hydrogen-bond acceptors (Lipinski definition) is 5. The molecular weight excluding hydrogens is 666 g/mol. The van der Waals surface area contributed by atoms with Crippen LogP contribution in [-0.4, -0.2) is 46.5 Å². The summed E-state index contributed by atoms with van der Waals surface area (Å²) in [5, 5.41) is -0.413. The lowest BCUT2D eigenvalue weighted by molar-refractivity contribution is -0.136. The summed E-state index contributed by atoms with van der Waals surface area (Å²) in [4.78, 5) is 41.3. The monoisotopic (exact) mass is 688 g/mol. The van der Waals surface area contributed by atoms with Crippen molar-refractivity contribution in [2.24, 2.45) is 0 Å². The molecule has 3 amide bonds. The zero-order valence-corrected chi connectivity index (χ0v) is 22.9. The predicted octanol–water partition coefficient (Wildman–Crippen LogP) is 5.52. The van der Waals surface area contributed by atoms with Gasteiger partial charge in [-0.2, -0.15) is 0 Å². The van der Waals surface area contributed by atoms with Gasteiger partial charge < -0.3 is 9.64 Å². The molecule has 2 aromatic rings. The van der Waals surface area contributed by atoms with E-state index >= 15 is 0 Å². The molecule has 0 aliphatic carbocycles. The van der Waals surface area contributed by atoms with Gasteiger partial charge in [-0.3, -0.25) is 19.3 Å². The van der Waals surface area contributed by atoms with Crippen LogP contribution in [0, 0.1) is 7.14 Å². The first-order valence-electron chi connectivity index (χ1n) is 10.6. The van der Waals surface area contributed by atoms with Gasteiger partial charge in [0.25, 0.3) is 11.1 Å². The molecule has 0 radical (unpaired) electrons. The number of ether oxygens (including phenoxy) is 1. The van der Waals surface area contributed by atoms with Crippen LogP contribution in [0.4, 0.5) is 4.79 Å². The van der Waals surface area contributed by atoms with Crippen LogP contribution in [0.5, 0.6) is 5.75 Å². The van der Waals surface area contributed by atoms with E-state index in [0.29, 0.717) is 30.4 Å². The van der Waals surface area contributed by atoms with Gasteiger partial charge in [0.15, 0.2) is 0 Å². The third kappa shape index (κ3) is 6.10. The van der Waals surface area contributed by atoms with Crippen molar-refractivity contribution >= 4 is 80.1 Å². The molecule has 2 saturated heterocycles. The number of hydrogen-bond donors (Lipinski definition) is 0. The highest BCUT2D eigenvalue weighted by atomic mass is 127. The second kappa shape index (κ2) is 11.2. The zero-order chi connectivity index (χ0) is 23.4. The van der Waals surface area contributed by atoms with E-state index in [0.717, 1.165) is 54.2 Å². The van der Waals surface area contributed by atoms with Crippen molar-refractivity contribution in [2.45, 2.75) is 25.9 Å². The number of benzene rings is 2. The molecule has 2 aliphatic rings. The van der Waals surface area contributed by atoms with Crippen LogP contribution < -0.4 is 4.74 Å². The third-order valence-electron chi connectivity index (χ3n) is 5.43. The molecule has 0 saturated carbocycles. The number of carbonyl (C=O) groups is 3. The fraction of sp³-hybridized carbons (Fsp3) is 0.292. The summed E-state index contributed by atoms with van der Waals surface area (Å²) in [5.74, 6) is 0.0586. The first-order chi connectivity index (χ1) is 15.9. The Kier molecular flexibility index (Phi) is 8.34. The number of halogens is 2. The average Bonchev–Trinajstić information content (AvgIpc) is 3.07. The van der Waals surface area contributed by atoms with Crippen LogP contribution in [0.25, 0.3) is 6.08 Å². The zero-order valence-electron chi connectivity index (χ0n) is 17.8. The van der Waals surface area contributed by atoms with Gasteiger partial charge in [-0.1, -0.05) is 30.3 Å². The minimum atomic E-state index is -0.432. The Morgan fingerprint density at radius 3 is 2.52 bits per heavy atom. The highest BCUT2D eigenvalue weighted by Crippen LogP contribution is 2.36. The summed E-state index contributed by atoms with van der Waals surface area (Å²) in [6.07, 6.45) is 4.73. The molecule has 172 valence electrons. The highest BCUT2D eigenvalue weighted by molar-refractivity contribution is 14.1. The molecule has 0 N–H and O–H groups in total. The first-order valence-corrected chi connectivity index (χ1v) is 13.6. The maximum atomic E-state index is 13.0. The van der Waals surface area contributed by atoms with Gasteiger partial charge in [-0.25, -0.2) is 0 Å². The lowest BCUT2D eigenvalue weighted by Crippen LogP contribution is -2.44. The van der Waals surface area contributed by atoms with Gasteiger partial charge in [0.1, 0.15) is 18.9 Å². The standard InChI is InChI=1S/C24H22I2N2O4S/c25-18-11-17(22(19(26)13-18)32-15-16-7-3-1-4-8-16)12-20-23(30)28(24(31)33-20)14-21(29)27-9-5-2-6-10-27/h1,3-4,7-8,11-13H,2,5-6,9-10,14-15H2/b20-12-. The van der Waals surface area contributed by atoms with E-state index in [1.165, 1.54) is 0 Å². The van der Waals surface area contributed by atoms with Crippen LogP contribution in [-0.2, 0) is 16.2 Å². The summed E-state index contributed by atoms with van der Waals surface area (Å²) in [6, 6.07) is 13.8. The molecule has 0 unspecified atom stereocenters. The van der Waals surface area contributed by atoms with Crippen LogP contribution >= 0.6 is 56.9 Å². The average molecular weight is 688 g/mol. The lowest BCUT2D eigenvalue weighted by atomic mass is 10.1. The summed E-state index contributed by atoms with van der Waals surface area (Å²) >= 11 is 5.30. The Balaban J connectivity index is 1.53. The molecule has 0 bridgehead atoms. The second-order valence-corrected chi connectivity index (χ2v) is 11.2. The highest BCUT2D eigenvalue weighted by Gasteiger charge is 2.37. The first kappa shape index (κ1) is 24.5. The van der Waals surface area contributed by atoms with Gasteiger partial charge in [-0.15, -0.1) is 0 Å². The minimum absolute atomic E-state index is 0.172. The van der Waals surface area contributed by atoms with Crippen molar-refractivity contribution in [3.63, 3.8) is 0 Å². The minimum Gasteiger partial charge on any atom is -0.487 e. The molecule has 0 spiro atoms. The molecule has 0 atom stereocenters. The van der Waals surface area contributed by atoms with Crippen molar-refractivity contribution < 1.29 is 19.1 Å². The van der Waals surface area contributed by atoms with Crippen molar-refractivity contribution in [1.82, 2.24) is 9.80 Å². The quantitative estimate of drug-likeness (QED) is 0.296. The van der Waals surface area contributed by atoms with Crippen LogP contribution in [0.2, 0.25) is 0 Å². The van der Waals surface area contributed by atoms with Gasteiger partial charge in [-0.05, 0) is 100.0 Å². The van der Waals surface area contributed by atoms with Crippen LogP contribution in [0.3, 0.4) is 0 Å². The largest absolute Gasteiger partial charge is 0.487 e. The molecule has 6 nitrogen and oxygen atoms in total.